The highest BCUT2D eigenvalue weighted by atomic mass is 16.3. The summed E-state index contributed by atoms with van der Waals surface area (Å²) in [6.45, 7) is 0. The molecule has 138 valence electrons. The molecule has 9 nitrogen and oxygen atoms in total. The van der Waals surface area contributed by atoms with Crippen molar-refractivity contribution in [1.82, 2.24) is 20.2 Å². The standard InChI is InChI=1S/C19H14N6O3/c20-13-8-22-6-5-11(13)14-15-12(17(27)9-1-3-10(26)4-2-9)7-23-19(15)25-24-16(14)18(21)28/h1-8,26H,20H2,(H2,21,28)(H,23,25). The molecule has 0 aliphatic carbocycles. The SMILES string of the molecule is NC(=O)c1nnc2[nH]cc(C(=O)c3ccc(O)cc3)c2c1-c1ccncc1N. The number of aromatic hydroxyl groups is 1. The average molecular weight is 374 g/mol. The van der Waals surface area contributed by atoms with Gasteiger partial charge in [-0.3, -0.25) is 14.6 Å². The molecule has 9 heteroatoms. The van der Waals surface area contributed by atoms with E-state index in [0.717, 1.165) is 0 Å². The number of primary amides is 1. The first kappa shape index (κ1) is 17.2. The van der Waals surface area contributed by atoms with Crippen molar-refractivity contribution in [2.75, 3.05) is 5.73 Å². The molecule has 0 bridgehead atoms. The lowest BCUT2D eigenvalue weighted by Gasteiger charge is -2.11. The molecule has 0 aliphatic rings. The number of nitrogens with zero attached hydrogens (tertiary/aromatic N) is 3. The first-order chi connectivity index (χ1) is 13.5. The van der Waals surface area contributed by atoms with Gasteiger partial charge in [0.1, 0.15) is 5.75 Å². The number of fused-ring (bicyclic) bond motifs is 1. The molecule has 0 fully saturated rings. The predicted molar refractivity (Wildman–Crippen MR) is 102 cm³/mol. The van der Waals surface area contributed by atoms with E-state index in [0.29, 0.717) is 33.4 Å². The summed E-state index contributed by atoms with van der Waals surface area (Å²) < 4.78 is 0. The van der Waals surface area contributed by atoms with E-state index < -0.39 is 5.91 Å². The van der Waals surface area contributed by atoms with E-state index in [2.05, 4.69) is 20.2 Å². The van der Waals surface area contributed by atoms with E-state index in [1.807, 2.05) is 0 Å². The first-order valence-electron chi connectivity index (χ1n) is 8.18. The number of hydrogen-bond acceptors (Lipinski definition) is 7. The summed E-state index contributed by atoms with van der Waals surface area (Å²) in [5.41, 5.74) is 13.4. The third kappa shape index (κ3) is 2.71. The summed E-state index contributed by atoms with van der Waals surface area (Å²) >= 11 is 0. The molecule has 1 amide bonds. The first-order valence-corrected chi connectivity index (χ1v) is 8.18. The number of amides is 1. The molecule has 0 unspecified atom stereocenters. The van der Waals surface area contributed by atoms with Crippen molar-refractivity contribution >= 4 is 28.4 Å². The van der Waals surface area contributed by atoms with Gasteiger partial charge in [0.2, 0.25) is 0 Å². The highest BCUT2D eigenvalue weighted by Crippen LogP contribution is 2.35. The fraction of sp³-hybridized carbons (Fsp3) is 0. The molecule has 0 saturated carbocycles. The fourth-order valence-corrected chi connectivity index (χ4v) is 3.03. The van der Waals surface area contributed by atoms with Gasteiger partial charge in [-0.1, -0.05) is 0 Å². The minimum Gasteiger partial charge on any atom is -0.508 e. The van der Waals surface area contributed by atoms with Gasteiger partial charge in [-0.05, 0) is 30.3 Å². The second-order valence-electron chi connectivity index (χ2n) is 6.05. The Labute approximate surface area is 158 Å². The zero-order valence-electron chi connectivity index (χ0n) is 14.4. The number of anilines is 1. The van der Waals surface area contributed by atoms with Crippen LogP contribution >= 0.6 is 0 Å². The summed E-state index contributed by atoms with van der Waals surface area (Å²) in [5.74, 6) is -1.09. The Bertz CT molecular complexity index is 1230. The number of carbonyl (C=O) groups excluding carboxylic acids is 2. The number of pyridine rings is 1. The Balaban J connectivity index is 2.04. The van der Waals surface area contributed by atoms with E-state index in [-0.39, 0.29) is 22.8 Å². The molecule has 3 aromatic heterocycles. The van der Waals surface area contributed by atoms with E-state index in [9.17, 15) is 14.7 Å². The van der Waals surface area contributed by atoms with Crippen LogP contribution in [0.1, 0.15) is 26.4 Å². The van der Waals surface area contributed by atoms with Gasteiger partial charge in [0.25, 0.3) is 5.91 Å². The number of phenols is 1. The highest BCUT2D eigenvalue weighted by Gasteiger charge is 2.25. The van der Waals surface area contributed by atoms with E-state index in [4.69, 9.17) is 11.5 Å². The predicted octanol–water partition coefficient (Wildman–Crippen LogP) is 1.64. The van der Waals surface area contributed by atoms with E-state index >= 15 is 0 Å². The van der Waals surface area contributed by atoms with Gasteiger partial charge in [0.15, 0.2) is 17.1 Å². The number of ketones is 1. The van der Waals surface area contributed by atoms with Gasteiger partial charge < -0.3 is 21.6 Å². The molecule has 0 radical (unpaired) electrons. The third-order valence-electron chi connectivity index (χ3n) is 4.32. The second kappa shape index (κ2) is 6.47. The number of benzene rings is 1. The molecular weight excluding hydrogens is 360 g/mol. The van der Waals surface area contributed by atoms with Crippen molar-refractivity contribution in [2.24, 2.45) is 5.73 Å². The Morgan fingerprint density at radius 1 is 1.07 bits per heavy atom. The van der Waals surface area contributed by atoms with Crippen LogP contribution in [0, 0.1) is 0 Å². The van der Waals surface area contributed by atoms with E-state index in [1.54, 1.807) is 6.07 Å². The molecule has 0 atom stereocenters. The van der Waals surface area contributed by atoms with Crippen LogP contribution in [0.25, 0.3) is 22.2 Å². The molecule has 3 heterocycles. The zero-order chi connectivity index (χ0) is 19.8. The quantitative estimate of drug-likeness (QED) is 0.395. The van der Waals surface area contributed by atoms with Crippen LogP contribution in [0.2, 0.25) is 0 Å². The van der Waals surface area contributed by atoms with Crippen LogP contribution in [0.4, 0.5) is 5.69 Å². The number of nitrogens with one attached hydrogen (secondary N) is 1. The van der Waals surface area contributed by atoms with Gasteiger partial charge in [0, 0.05) is 34.5 Å². The summed E-state index contributed by atoms with van der Waals surface area (Å²) in [4.78, 5) is 31.9. The van der Waals surface area contributed by atoms with E-state index in [1.165, 1.54) is 42.9 Å². The monoisotopic (exact) mass is 374 g/mol. The van der Waals surface area contributed by atoms with Crippen LogP contribution in [-0.2, 0) is 0 Å². The van der Waals surface area contributed by atoms with Gasteiger partial charge in [-0.15, -0.1) is 10.2 Å². The lowest BCUT2D eigenvalue weighted by Crippen LogP contribution is -2.16. The number of nitrogen functional groups attached to an aromatic ring is 1. The van der Waals surface area contributed by atoms with Gasteiger partial charge in [0.05, 0.1) is 17.4 Å². The number of aromatic nitrogens is 4. The smallest absolute Gasteiger partial charge is 0.269 e. The highest BCUT2D eigenvalue weighted by molar-refractivity contribution is 6.20. The number of hydrogen-bond donors (Lipinski definition) is 4. The third-order valence-corrected chi connectivity index (χ3v) is 4.32. The summed E-state index contributed by atoms with van der Waals surface area (Å²) in [7, 11) is 0. The average Bonchev–Trinajstić information content (AvgIpc) is 3.12. The molecular formula is C19H14N6O3. The van der Waals surface area contributed by atoms with Crippen molar-refractivity contribution in [2.45, 2.75) is 0 Å². The number of carbonyl (C=O) groups is 2. The molecule has 1 aromatic carbocycles. The van der Waals surface area contributed by atoms with Crippen molar-refractivity contribution in [3.8, 4) is 16.9 Å². The van der Waals surface area contributed by atoms with Crippen molar-refractivity contribution in [1.29, 1.82) is 0 Å². The molecule has 6 N–H and O–H groups in total. The van der Waals surface area contributed by atoms with Crippen LogP contribution in [0.15, 0.2) is 48.9 Å². The summed E-state index contributed by atoms with van der Waals surface area (Å²) in [5, 5.41) is 17.7. The molecule has 4 aromatic rings. The van der Waals surface area contributed by atoms with Crippen LogP contribution < -0.4 is 11.5 Å². The Hall–Kier alpha value is -4.27. The summed E-state index contributed by atoms with van der Waals surface area (Å²) in [6.07, 6.45) is 4.43. The molecule has 28 heavy (non-hydrogen) atoms. The molecule has 0 spiro atoms. The van der Waals surface area contributed by atoms with Crippen LogP contribution in [-0.4, -0.2) is 37.0 Å². The maximum atomic E-state index is 13.1. The minimum absolute atomic E-state index is 0.0441. The Morgan fingerprint density at radius 2 is 1.82 bits per heavy atom. The topological polar surface area (TPSA) is 161 Å². The zero-order valence-corrected chi connectivity index (χ0v) is 14.4. The number of aromatic amines is 1. The minimum atomic E-state index is -0.801. The maximum absolute atomic E-state index is 13.1. The number of nitrogens with two attached hydrogens (primary N) is 2. The number of phenolic OH excluding ortho intramolecular Hbond substituents is 1. The van der Waals surface area contributed by atoms with Crippen molar-refractivity contribution in [3.63, 3.8) is 0 Å². The van der Waals surface area contributed by atoms with Crippen molar-refractivity contribution < 1.29 is 14.7 Å². The lowest BCUT2D eigenvalue weighted by molar-refractivity contribution is 0.0993. The van der Waals surface area contributed by atoms with Crippen molar-refractivity contribution in [3.05, 3.63) is 65.7 Å². The molecule has 0 aliphatic heterocycles. The largest absolute Gasteiger partial charge is 0.508 e. The normalized spacial score (nSPS) is 10.9. The van der Waals surface area contributed by atoms with Gasteiger partial charge >= 0.3 is 0 Å². The number of H-pyrrole nitrogens is 1. The van der Waals surface area contributed by atoms with Gasteiger partial charge in [-0.25, -0.2) is 0 Å². The molecule has 4 rings (SSSR count). The fourth-order valence-electron chi connectivity index (χ4n) is 3.03. The molecule has 0 saturated heterocycles. The maximum Gasteiger partial charge on any atom is 0.269 e. The Morgan fingerprint density at radius 3 is 2.50 bits per heavy atom. The number of rotatable bonds is 4. The second-order valence-corrected chi connectivity index (χ2v) is 6.05. The Kier molecular flexibility index (Phi) is 3.96. The lowest BCUT2D eigenvalue weighted by atomic mass is 9.95. The van der Waals surface area contributed by atoms with Crippen LogP contribution in [0.3, 0.4) is 0 Å². The summed E-state index contributed by atoms with van der Waals surface area (Å²) in [6, 6.07) is 7.44. The van der Waals surface area contributed by atoms with Crippen LogP contribution in [0.5, 0.6) is 5.75 Å². The van der Waals surface area contributed by atoms with Gasteiger partial charge in [-0.2, -0.15) is 0 Å².